The third-order valence-corrected chi connectivity index (χ3v) is 5.21. The minimum Gasteiger partial charge on any atom is -0.455 e. The Morgan fingerprint density at radius 1 is 0.690 bits per heavy atom. The highest BCUT2D eigenvalue weighted by Crippen LogP contribution is 2.38. The summed E-state index contributed by atoms with van der Waals surface area (Å²) in [6.45, 7) is 15.8. The lowest BCUT2D eigenvalue weighted by Gasteiger charge is -2.29. The van der Waals surface area contributed by atoms with E-state index >= 15 is 0 Å². The monoisotopic (exact) mass is 387 g/mol. The third-order valence-electron chi connectivity index (χ3n) is 5.21. The molecule has 0 bridgehead atoms. The number of benzene rings is 3. The molecule has 3 rings (SSSR count). The molecular weight excluding hydrogens is 354 g/mol. The summed E-state index contributed by atoms with van der Waals surface area (Å²) in [7, 11) is 0. The van der Waals surface area contributed by atoms with E-state index in [0.29, 0.717) is 0 Å². The minimum absolute atomic E-state index is 0.0713. The molecule has 0 aliphatic heterocycles. The Balaban J connectivity index is 2.05. The molecule has 0 aliphatic carbocycles. The molecule has 0 fully saturated rings. The summed E-state index contributed by atoms with van der Waals surface area (Å²) in [5.74, 6) is 1.65. The van der Waals surface area contributed by atoms with E-state index in [1.807, 2.05) is 48.5 Å². The summed E-state index contributed by atoms with van der Waals surface area (Å²) in [6.07, 6.45) is 0. The number of hydrogen-bond donors (Lipinski definition) is 1. The van der Waals surface area contributed by atoms with Crippen LogP contribution in [0.1, 0.15) is 58.2 Å². The normalized spacial score (nSPS) is 12.0. The largest absolute Gasteiger partial charge is 0.455 e. The highest BCUT2D eigenvalue weighted by Gasteiger charge is 2.23. The molecule has 2 heteroatoms. The zero-order valence-corrected chi connectivity index (χ0v) is 18.8. The molecule has 3 aromatic carbocycles. The lowest BCUT2D eigenvalue weighted by atomic mass is 9.78. The average Bonchev–Trinajstić information content (AvgIpc) is 2.64. The van der Waals surface area contributed by atoms with E-state index in [1.165, 1.54) is 16.7 Å². The molecule has 0 aliphatic rings. The Kier molecular flexibility index (Phi) is 5.75. The summed E-state index contributed by atoms with van der Waals surface area (Å²) < 4.78 is 6.15. The van der Waals surface area contributed by atoms with Crippen LogP contribution in [-0.2, 0) is 10.8 Å². The van der Waals surface area contributed by atoms with Crippen LogP contribution >= 0.6 is 0 Å². The fourth-order valence-electron chi connectivity index (χ4n) is 3.48. The average molecular weight is 388 g/mol. The van der Waals surface area contributed by atoms with Gasteiger partial charge in [-0.3, -0.25) is 0 Å². The second kappa shape index (κ2) is 7.94. The molecule has 0 amide bonds. The van der Waals surface area contributed by atoms with Crippen LogP contribution in [0.2, 0.25) is 0 Å². The predicted octanol–water partition coefficient (Wildman–Crippen LogP) is 8.13. The van der Waals surface area contributed by atoms with Crippen molar-refractivity contribution in [1.82, 2.24) is 0 Å². The Labute approximate surface area is 175 Å². The van der Waals surface area contributed by atoms with Crippen molar-refractivity contribution in [2.45, 2.75) is 59.3 Å². The number of ether oxygens (including phenoxy) is 1. The molecule has 0 spiro atoms. The standard InChI is InChI=1S/C27H33NO/c1-19-22(27(5,6)7)17-20(26(2,3)4)18-24(19)28-23-15-11-12-16-25(23)29-21-13-9-8-10-14-21/h8-18,28H,1-7H3. The fraction of sp³-hybridized carbons (Fsp3) is 0.333. The highest BCUT2D eigenvalue weighted by atomic mass is 16.5. The van der Waals surface area contributed by atoms with Crippen LogP contribution in [0.15, 0.2) is 66.7 Å². The van der Waals surface area contributed by atoms with Gasteiger partial charge in [0.1, 0.15) is 5.75 Å². The van der Waals surface area contributed by atoms with Crippen molar-refractivity contribution >= 4 is 11.4 Å². The van der Waals surface area contributed by atoms with Gasteiger partial charge in [-0.1, -0.05) is 77.9 Å². The van der Waals surface area contributed by atoms with E-state index in [4.69, 9.17) is 4.74 Å². The summed E-state index contributed by atoms with van der Waals surface area (Å²) in [6, 6.07) is 22.7. The lowest BCUT2D eigenvalue weighted by molar-refractivity contribution is 0.485. The third kappa shape index (κ3) is 5.00. The fourth-order valence-corrected chi connectivity index (χ4v) is 3.48. The quantitative estimate of drug-likeness (QED) is 0.488. The Morgan fingerprint density at radius 3 is 1.93 bits per heavy atom. The van der Waals surface area contributed by atoms with E-state index < -0.39 is 0 Å². The van der Waals surface area contributed by atoms with Gasteiger partial charge >= 0.3 is 0 Å². The minimum atomic E-state index is 0.0713. The Hall–Kier alpha value is -2.74. The van der Waals surface area contributed by atoms with Gasteiger partial charge in [0.05, 0.1) is 5.69 Å². The van der Waals surface area contributed by atoms with Crippen molar-refractivity contribution < 1.29 is 4.74 Å². The van der Waals surface area contributed by atoms with Gasteiger partial charge in [-0.15, -0.1) is 0 Å². The summed E-state index contributed by atoms with van der Waals surface area (Å²) in [5.41, 5.74) is 6.22. The van der Waals surface area contributed by atoms with E-state index in [9.17, 15) is 0 Å². The molecular formula is C27H33NO. The van der Waals surface area contributed by atoms with Gasteiger partial charge in [0, 0.05) is 5.69 Å². The van der Waals surface area contributed by atoms with Gasteiger partial charge in [-0.2, -0.15) is 0 Å². The van der Waals surface area contributed by atoms with Crippen molar-refractivity contribution in [3.8, 4) is 11.5 Å². The van der Waals surface area contributed by atoms with Gasteiger partial charge in [0.2, 0.25) is 0 Å². The van der Waals surface area contributed by atoms with Crippen LogP contribution in [0.4, 0.5) is 11.4 Å². The molecule has 0 saturated carbocycles. The van der Waals surface area contributed by atoms with Crippen molar-refractivity contribution in [1.29, 1.82) is 0 Å². The van der Waals surface area contributed by atoms with Crippen LogP contribution in [0, 0.1) is 6.92 Å². The number of hydrogen-bond acceptors (Lipinski definition) is 2. The van der Waals surface area contributed by atoms with Gasteiger partial charge in [0.25, 0.3) is 0 Å². The molecule has 0 heterocycles. The van der Waals surface area contributed by atoms with Crippen molar-refractivity contribution in [2.75, 3.05) is 5.32 Å². The summed E-state index contributed by atoms with van der Waals surface area (Å²) in [5, 5.41) is 3.66. The van der Waals surface area contributed by atoms with Gasteiger partial charge < -0.3 is 10.1 Å². The molecule has 0 unspecified atom stereocenters. The number of para-hydroxylation sites is 3. The van der Waals surface area contributed by atoms with Gasteiger partial charge in [-0.25, -0.2) is 0 Å². The zero-order valence-electron chi connectivity index (χ0n) is 18.8. The van der Waals surface area contributed by atoms with Crippen molar-refractivity contribution in [3.05, 3.63) is 83.4 Å². The van der Waals surface area contributed by atoms with Crippen LogP contribution < -0.4 is 10.1 Å². The molecule has 3 aromatic rings. The second-order valence-electron chi connectivity index (χ2n) is 9.73. The first kappa shape index (κ1) is 21.0. The van der Waals surface area contributed by atoms with E-state index in [0.717, 1.165) is 22.9 Å². The molecule has 0 radical (unpaired) electrons. The molecule has 29 heavy (non-hydrogen) atoms. The van der Waals surface area contributed by atoms with Gasteiger partial charge in [0.15, 0.2) is 5.75 Å². The maximum atomic E-state index is 6.15. The maximum Gasteiger partial charge on any atom is 0.150 e. The highest BCUT2D eigenvalue weighted by molar-refractivity contribution is 5.71. The number of nitrogens with one attached hydrogen (secondary N) is 1. The van der Waals surface area contributed by atoms with E-state index in [1.54, 1.807) is 0 Å². The summed E-state index contributed by atoms with van der Waals surface area (Å²) >= 11 is 0. The Bertz CT molecular complexity index is 976. The topological polar surface area (TPSA) is 21.3 Å². The molecule has 0 atom stereocenters. The van der Waals surface area contributed by atoms with Crippen LogP contribution in [-0.4, -0.2) is 0 Å². The molecule has 2 nitrogen and oxygen atoms in total. The molecule has 0 saturated heterocycles. The SMILES string of the molecule is Cc1c(Nc2ccccc2Oc2ccccc2)cc(C(C)(C)C)cc1C(C)(C)C. The maximum absolute atomic E-state index is 6.15. The first-order valence-corrected chi connectivity index (χ1v) is 10.3. The Morgan fingerprint density at radius 2 is 1.31 bits per heavy atom. The van der Waals surface area contributed by atoms with E-state index in [-0.39, 0.29) is 10.8 Å². The van der Waals surface area contributed by atoms with Crippen molar-refractivity contribution in [2.24, 2.45) is 0 Å². The first-order chi connectivity index (χ1) is 13.6. The smallest absolute Gasteiger partial charge is 0.150 e. The van der Waals surface area contributed by atoms with Crippen LogP contribution in [0.3, 0.4) is 0 Å². The van der Waals surface area contributed by atoms with E-state index in [2.05, 4.69) is 72.0 Å². The summed E-state index contributed by atoms with van der Waals surface area (Å²) in [4.78, 5) is 0. The number of anilines is 2. The zero-order chi connectivity index (χ0) is 21.2. The van der Waals surface area contributed by atoms with Crippen molar-refractivity contribution in [3.63, 3.8) is 0 Å². The predicted molar refractivity (Wildman–Crippen MR) is 125 cm³/mol. The lowest BCUT2D eigenvalue weighted by Crippen LogP contribution is -2.18. The van der Waals surface area contributed by atoms with Crippen LogP contribution in [0.5, 0.6) is 11.5 Å². The molecule has 0 aromatic heterocycles. The van der Waals surface area contributed by atoms with Crippen LogP contribution in [0.25, 0.3) is 0 Å². The first-order valence-electron chi connectivity index (χ1n) is 10.3. The molecule has 1 N–H and O–H groups in total. The molecule has 152 valence electrons. The second-order valence-corrected chi connectivity index (χ2v) is 9.73. The van der Waals surface area contributed by atoms with Gasteiger partial charge in [-0.05, 0) is 64.8 Å². The number of rotatable bonds is 4.